The van der Waals surface area contributed by atoms with Crippen molar-refractivity contribution in [3.05, 3.63) is 51.0 Å². The van der Waals surface area contributed by atoms with Crippen LogP contribution in [0.4, 0.5) is 0 Å². The molecule has 0 saturated heterocycles. The fourth-order valence-electron chi connectivity index (χ4n) is 1.93. The molecule has 0 aliphatic carbocycles. The zero-order chi connectivity index (χ0) is 12.4. The highest BCUT2D eigenvalue weighted by Gasteiger charge is 2.14. The van der Waals surface area contributed by atoms with Gasteiger partial charge in [-0.25, -0.2) is 0 Å². The fraction of sp³-hybridized carbons (Fsp3) is 0.357. The smallest absolute Gasteiger partial charge is 0.0663 e. The summed E-state index contributed by atoms with van der Waals surface area (Å²) in [5.41, 5.74) is 9.50. The molecule has 0 spiro atoms. The van der Waals surface area contributed by atoms with E-state index in [9.17, 15) is 0 Å². The van der Waals surface area contributed by atoms with Crippen LogP contribution >= 0.6 is 11.3 Å². The largest absolute Gasteiger partial charge is 0.320 e. The number of nitrogens with zero attached hydrogens (tertiary/aromatic N) is 1. The van der Waals surface area contributed by atoms with Gasteiger partial charge in [0.25, 0.3) is 0 Å². The van der Waals surface area contributed by atoms with E-state index < -0.39 is 0 Å². The van der Waals surface area contributed by atoms with E-state index in [4.69, 9.17) is 5.73 Å². The maximum atomic E-state index is 6.31. The average molecular weight is 246 g/mol. The Morgan fingerprint density at radius 3 is 2.59 bits per heavy atom. The minimum Gasteiger partial charge on any atom is -0.320 e. The van der Waals surface area contributed by atoms with Crippen LogP contribution in [0.25, 0.3) is 0 Å². The molecule has 0 radical (unpaired) electrons. The Morgan fingerprint density at radius 2 is 2.00 bits per heavy atom. The number of rotatable bonds is 3. The molecule has 90 valence electrons. The van der Waals surface area contributed by atoms with Gasteiger partial charge in [0.15, 0.2) is 0 Å². The first kappa shape index (κ1) is 12.3. The van der Waals surface area contributed by atoms with Crippen molar-refractivity contribution in [3.63, 3.8) is 0 Å². The summed E-state index contributed by atoms with van der Waals surface area (Å²) in [4.78, 5) is 7.07. The van der Waals surface area contributed by atoms with Crippen molar-refractivity contribution < 1.29 is 0 Å². The van der Waals surface area contributed by atoms with Gasteiger partial charge in [0.05, 0.1) is 6.04 Å². The minimum atomic E-state index is -0.0478. The van der Waals surface area contributed by atoms with Crippen LogP contribution in [0.15, 0.2) is 24.3 Å². The third-order valence-corrected chi connectivity index (χ3v) is 4.25. The molecule has 0 aliphatic rings. The maximum Gasteiger partial charge on any atom is 0.0663 e. The lowest BCUT2D eigenvalue weighted by Gasteiger charge is -2.12. The first-order valence-corrected chi connectivity index (χ1v) is 6.71. The summed E-state index contributed by atoms with van der Waals surface area (Å²) in [5.74, 6) is 0. The Morgan fingerprint density at radius 1 is 1.24 bits per heavy atom. The Labute approximate surface area is 107 Å². The number of hydrogen-bond donors (Lipinski definition) is 1. The quantitative estimate of drug-likeness (QED) is 0.901. The normalized spacial score (nSPS) is 12.7. The maximum absolute atomic E-state index is 6.31. The third kappa shape index (κ3) is 2.56. The second-order valence-corrected chi connectivity index (χ2v) is 5.46. The molecular weight excluding hydrogens is 228 g/mol. The van der Waals surface area contributed by atoms with Crippen molar-refractivity contribution in [2.75, 3.05) is 0 Å². The van der Waals surface area contributed by atoms with Gasteiger partial charge in [0.2, 0.25) is 0 Å². The predicted molar refractivity (Wildman–Crippen MR) is 73.4 cm³/mol. The molecule has 0 amide bonds. The zero-order valence-corrected chi connectivity index (χ0v) is 11.3. The number of hydrogen-bond acceptors (Lipinski definition) is 3. The van der Waals surface area contributed by atoms with Crippen molar-refractivity contribution >= 4 is 11.3 Å². The number of pyridine rings is 1. The van der Waals surface area contributed by atoms with Gasteiger partial charge in [-0.15, -0.1) is 11.3 Å². The zero-order valence-electron chi connectivity index (χ0n) is 10.5. The average Bonchev–Trinajstić information content (AvgIpc) is 2.76. The van der Waals surface area contributed by atoms with E-state index in [0.717, 1.165) is 23.4 Å². The number of aromatic nitrogens is 1. The Balaban J connectivity index is 2.33. The lowest BCUT2D eigenvalue weighted by Crippen LogP contribution is -2.12. The van der Waals surface area contributed by atoms with E-state index in [1.807, 2.05) is 19.9 Å². The van der Waals surface area contributed by atoms with Crippen LogP contribution in [0.2, 0.25) is 0 Å². The van der Waals surface area contributed by atoms with Crippen LogP contribution in [0.5, 0.6) is 0 Å². The van der Waals surface area contributed by atoms with Gasteiger partial charge in [-0.1, -0.05) is 13.0 Å². The Bertz CT molecular complexity index is 517. The van der Waals surface area contributed by atoms with Crippen LogP contribution in [0.3, 0.4) is 0 Å². The van der Waals surface area contributed by atoms with Gasteiger partial charge in [0.1, 0.15) is 0 Å². The molecule has 0 bridgehead atoms. The van der Waals surface area contributed by atoms with Gasteiger partial charge in [-0.05, 0) is 44.0 Å². The topological polar surface area (TPSA) is 38.9 Å². The molecule has 0 aromatic carbocycles. The SMILES string of the molecule is CCc1ccc(C(N)c2ccc(C)nc2C)s1. The van der Waals surface area contributed by atoms with Crippen molar-refractivity contribution in [1.82, 2.24) is 4.98 Å². The molecule has 0 aliphatic heterocycles. The van der Waals surface area contributed by atoms with Crippen LogP contribution < -0.4 is 5.73 Å². The van der Waals surface area contributed by atoms with E-state index in [2.05, 4.69) is 30.1 Å². The van der Waals surface area contributed by atoms with Gasteiger partial charge in [0, 0.05) is 21.1 Å². The first-order valence-electron chi connectivity index (χ1n) is 5.90. The van der Waals surface area contributed by atoms with Crippen LogP contribution in [-0.4, -0.2) is 4.98 Å². The highest BCUT2D eigenvalue weighted by atomic mass is 32.1. The molecule has 2 N–H and O–H groups in total. The Kier molecular flexibility index (Phi) is 3.60. The Hall–Kier alpha value is -1.19. The molecule has 1 atom stereocenters. The number of nitrogens with two attached hydrogens (primary N) is 1. The second kappa shape index (κ2) is 4.98. The summed E-state index contributed by atoms with van der Waals surface area (Å²) < 4.78 is 0. The number of thiophene rings is 1. The molecule has 17 heavy (non-hydrogen) atoms. The van der Waals surface area contributed by atoms with Gasteiger partial charge >= 0.3 is 0 Å². The predicted octanol–water partition coefficient (Wildman–Crippen LogP) is 3.37. The lowest BCUT2D eigenvalue weighted by molar-refractivity contribution is 0.862. The third-order valence-electron chi connectivity index (χ3n) is 2.94. The molecule has 2 aromatic heterocycles. The lowest BCUT2D eigenvalue weighted by atomic mass is 10.0. The van der Waals surface area contributed by atoms with Crippen LogP contribution in [-0.2, 0) is 6.42 Å². The van der Waals surface area contributed by atoms with Crippen LogP contribution in [0.1, 0.15) is 39.7 Å². The van der Waals surface area contributed by atoms with Crippen molar-refractivity contribution in [2.24, 2.45) is 5.73 Å². The molecular formula is C14H18N2S. The van der Waals surface area contributed by atoms with Crippen LogP contribution in [0, 0.1) is 13.8 Å². The van der Waals surface area contributed by atoms with Crippen molar-refractivity contribution in [2.45, 2.75) is 33.2 Å². The number of aryl methyl sites for hydroxylation is 3. The second-order valence-electron chi connectivity index (χ2n) is 4.26. The minimum absolute atomic E-state index is 0.0478. The molecule has 2 heterocycles. The highest BCUT2D eigenvalue weighted by Crippen LogP contribution is 2.28. The van der Waals surface area contributed by atoms with E-state index in [-0.39, 0.29) is 6.04 Å². The van der Waals surface area contributed by atoms with Crippen molar-refractivity contribution in [3.8, 4) is 0 Å². The first-order chi connectivity index (χ1) is 8.11. The van der Waals surface area contributed by atoms with E-state index in [1.165, 1.54) is 9.75 Å². The summed E-state index contributed by atoms with van der Waals surface area (Å²) in [6.07, 6.45) is 1.07. The molecule has 1 unspecified atom stereocenters. The molecule has 2 nitrogen and oxygen atoms in total. The fourth-order valence-corrected chi connectivity index (χ4v) is 2.90. The molecule has 2 rings (SSSR count). The van der Waals surface area contributed by atoms with Gasteiger partial charge < -0.3 is 5.73 Å². The monoisotopic (exact) mass is 246 g/mol. The summed E-state index contributed by atoms with van der Waals surface area (Å²) >= 11 is 1.80. The summed E-state index contributed by atoms with van der Waals surface area (Å²) in [6, 6.07) is 8.36. The van der Waals surface area contributed by atoms with E-state index in [0.29, 0.717) is 0 Å². The molecule has 3 heteroatoms. The molecule has 0 saturated carbocycles. The van der Waals surface area contributed by atoms with E-state index in [1.54, 1.807) is 11.3 Å². The molecule has 2 aromatic rings. The van der Waals surface area contributed by atoms with Gasteiger partial charge in [-0.2, -0.15) is 0 Å². The van der Waals surface area contributed by atoms with Gasteiger partial charge in [-0.3, -0.25) is 4.98 Å². The standard InChI is InChI=1S/C14H18N2S/c1-4-11-6-8-13(17-11)14(15)12-7-5-9(2)16-10(12)3/h5-8,14H,4,15H2,1-3H3. The molecule has 0 fully saturated rings. The highest BCUT2D eigenvalue weighted by molar-refractivity contribution is 7.12. The summed E-state index contributed by atoms with van der Waals surface area (Å²) in [5, 5.41) is 0. The van der Waals surface area contributed by atoms with Crippen molar-refractivity contribution in [1.29, 1.82) is 0 Å². The van der Waals surface area contributed by atoms with E-state index >= 15 is 0 Å². The summed E-state index contributed by atoms with van der Waals surface area (Å²) in [7, 11) is 0. The summed E-state index contributed by atoms with van der Waals surface area (Å²) in [6.45, 7) is 6.19.